The molecule has 0 radical (unpaired) electrons. The Kier molecular flexibility index (Phi) is 5.98. The summed E-state index contributed by atoms with van der Waals surface area (Å²) < 4.78 is 57.2. The second-order valence-corrected chi connectivity index (χ2v) is 4.78. The van der Waals surface area contributed by atoms with Crippen molar-refractivity contribution in [3.63, 3.8) is 0 Å². The molecule has 0 saturated heterocycles. The standard InChI is InChI=1S/C15H13F4N5O/c1-8-10(16)2-3-11(13(8)17)22-6-9(24-20)7-25-15-21-5-4-12(23-15)14(18)19/h2-6,14,20,22H,7H2,1H3/b9-6-,24-20?. The summed E-state index contributed by atoms with van der Waals surface area (Å²) in [5, 5.41) is 5.71. The van der Waals surface area contributed by atoms with Gasteiger partial charge in [-0.05, 0) is 25.1 Å². The smallest absolute Gasteiger partial charge is 0.317 e. The van der Waals surface area contributed by atoms with Gasteiger partial charge in [0.25, 0.3) is 6.43 Å². The summed E-state index contributed by atoms with van der Waals surface area (Å²) in [6.07, 6.45) is -0.493. The van der Waals surface area contributed by atoms with Crippen LogP contribution in [0.25, 0.3) is 0 Å². The zero-order valence-electron chi connectivity index (χ0n) is 12.9. The van der Waals surface area contributed by atoms with E-state index in [0.29, 0.717) is 0 Å². The Hall–Kier alpha value is -3.04. The van der Waals surface area contributed by atoms with E-state index in [4.69, 9.17) is 10.3 Å². The van der Waals surface area contributed by atoms with Crippen LogP contribution in [0.2, 0.25) is 0 Å². The molecule has 0 fully saturated rings. The number of hydrogen-bond donors (Lipinski definition) is 2. The van der Waals surface area contributed by atoms with Crippen molar-refractivity contribution < 1.29 is 22.3 Å². The molecule has 0 unspecified atom stereocenters. The minimum atomic E-state index is -2.77. The fourth-order valence-electron chi connectivity index (χ4n) is 1.72. The number of anilines is 1. The van der Waals surface area contributed by atoms with Crippen molar-refractivity contribution in [3.8, 4) is 6.01 Å². The second kappa shape index (κ2) is 8.18. The largest absolute Gasteiger partial charge is 0.457 e. The molecule has 0 aliphatic heterocycles. The molecule has 0 saturated carbocycles. The molecule has 0 aliphatic rings. The lowest BCUT2D eigenvalue weighted by Gasteiger charge is -2.08. The quantitative estimate of drug-likeness (QED) is 0.571. The summed E-state index contributed by atoms with van der Waals surface area (Å²) in [5.74, 6) is -1.47. The van der Waals surface area contributed by atoms with Gasteiger partial charge in [-0.3, -0.25) is 0 Å². The van der Waals surface area contributed by atoms with Crippen LogP contribution in [-0.4, -0.2) is 16.6 Å². The lowest BCUT2D eigenvalue weighted by Crippen LogP contribution is -2.06. The van der Waals surface area contributed by atoms with Crippen LogP contribution in [0.1, 0.15) is 17.7 Å². The van der Waals surface area contributed by atoms with Gasteiger partial charge in [0.2, 0.25) is 0 Å². The van der Waals surface area contributed by atoms with Gasteiger partial charge in [0.05, 0.1) is 5.69 Å². The monoisotopic (exact) mass is 355 g/mol. The fraction of sp³-hybridized carbons (Fsp3) is 0.200. The molecule has 1 aromatic heterocycles. The van der Waals surface area contributed by atoms with Gasteiger partial charge < -0.3 is 10.1 Å². The predicted molar refractivity (Wildman–Crippen MR) is 80.4 cm³/mol. The van der Waals surface area contributed by atoms with Gasteiger partial charge in [-0.2, -0.15) is 10.1 Å². The number of ether oxygens (including phenoxy) is 1. The van der Waals surface area contributed by atoms with Gasteiger partial charge in [0.1, 0.15) is 23.8 Å². The van der Waals surface area contributed by atoms with Gasteiger partial charge in [-0.1, -0.05) is 0 Å². The van der Waals surface area contributed by atoms with Gasteiger partial charge in [-0.25, -0.2) is 28.1 Å². The molecule has 25 heavy (non-hydrogen) atoms. The zero-order chi connectivity index (χ0) is 18.4. The minimum Gasteiger partial charge on any atom is -0.457 e. The third-order valence-corrected chi connectivity index (χ3v) is 3.09. The van der Waals surface area contributed by atoms with Crippen molar-refractivity contribution in [1.29, 1.82) is 5.53 Å². The highest BCUT2D eigenvalue weighted by molar-refractivity contribution is 5.50. The van der Waals surface area contributed by atoms with Crippen LogP contribution >= 0.6 is 0 Å². The molecular weight excluding hydrogens is 342 g/mol. The molecule has 0 amide bonds. The first-order valence-electron chi connectivity index (χ1n) is 6.94. The number of hydrogen-bond acceptors (Lipinski definition) is 6. The lowest BCUT2D eigenvalue weighted by atomic mass is 10.2. The molecule has 10 heteroatoms. The van der Waals surface area contributed by atoms with Crippen LogP contribution in [0, 0.1) is 24.1 Å². The Bertz CT molecular complexity index is 797. The number of nitrogens with one attached hydrogen (secondary N) is 2. The highest BCUT2D eigenvalue weighted by Crippen LogP contribution is 2.21. The van der Waals surface area contributed by atoms with E-state index >= 15 is 0 Å². The maximum absolute atomic E-state index is 13.9. The van der Waals surface area contributed by atoms with Gasteiger partial charge in [0.15, 0.2) is 5.82 Å². The SMILES string of the molecule is Cc1c(F)ccc(N/C=C(/COc2nccc(C(F)F)n2)N=N)c1F. The molecule has 2 aromatic rings. The fourth-order valence-corrected chi connectivity index (χ4v) is 1.72. The van der Waals surface area contributed by atoms with Crippen LogP contribution in [0.5, 0.6) is 6.01 Å². The highest BCUT2D eigenvalue weighted by Gasteiger charge is 2.11. The molecule has 1 aromatic carbocycles. The number of halogens is 4. The Morgan fingerprint density at radius 2 is 2.12 bits per heavy atom. The van der Waals surface area contributed by atoms with Gasteiger partial charge in [-0.15, -0.1) is 0 Å². The number of nitrogens with zero attached hydrogens (tertiary/aromatic N) is 3. The number of aromatic nitrogens is 2. The molecule has 0 atom stereocenters. The van der Waals surface area contributed by atoms with Crippen LogP contribution in [0.4, 0.5) is 23.2 Å². The van der Waals surface area contributed by atoms with E-state index in [1.54, 1.807) is 0 Å². The third kappa shape index (κ3) is 4.72. The summed E-state index contributed by atoms with van der Waals surface area (Å²) in [6, 6.07) is 3.01. The predicted octanol–water partition coefficient (Wildman–Crippen LogP) is 4.36. The van der Waals surface area contributed by atoms with E-state index in [1.807, 2.05) is 0 Å². The third-order valence-electron chi connectivity index (χ3n) is 3.09. The Morgan fingerprint density at radius 3 is 2.80 bits per heavy atom. The lowest BCUT2D eigenvalue weighted by molar-refractivity contribution is 0.144. The number of benzene rings is 1. The van der Waals surface area contributed by atoms with Crippen molar-refractivity contribution in [1.82, 2.24) is 9.97 Å². The topological polar surface area (TPSA) is 83.2 Å². The number of rotatable bonds is 7. The van der Waals surface area contributed by atoms with E-state index in [1.165, 1.54) is 19.2 Å². The van der Waals surface area contributed by atoms with E-state index < -0.39 is 23.8 Å². The van der Waals surface area contributed by atoms with Crippen LogP contribution < -0.4 is 10.1 Å². The molecule has 0 bridgehead atoms. The van der Waals surface area contributed by atoms with Crippen molar-refractivity contribution in [2.24, 2.45) is 5.11 Å². The average molecular weight is 355 g/mol. The van der Waals surface area contributed by atoms with E-state index in [0.717, 1.165) is 18.3 Å². The normalized spacial score (nSPS) is 11.5. The maximum atomic E-state index is 13.9. The Labute approximate surface area is 140 Å². The Morgan fingerprint density at radius 1 is 1.36 bits per heavy atom. The average Bonchev–Trinajstić information content (AvgIpc) is 2.61. The van der Waals surface area contributed by atoms with Crippen molar-refractivity contribution in [3.05, 3.63) is 59.2 Å². The summed E-state index contributed by atoms with van der Waals surface area (Å²) in [5.41, 5.74) is 6.39. The van der Waals surface area contributed by atoms with Crippen LogP contribution in [-0.2, 0) is 0 Å². The van der Waals surface area contributed by atoms with Crippen molar-refractivity contribution in [2.45, 2.75) is 13.3 Å². The molecular formula is C15H13F4N5O. The molecule has 2 N–H and O–H groups in total. The van der Waals surface area contributed by atoms with E-state index in [9.17, 15) is 17.6 Å². The first kappa shape index (κ1) is 18.3. The van der Waals surface area contributed by atoms with Crippen LogP contribution in [0.3, 0.4) is 0 Å². The molecule has 132 valence electrons. The molecule has 6 nitrogen and oxygen atoms in total. The molecule has 1 heterocycles. The highest BCUT2D eigenvalue weighted by atomic mass is 19.3. The van der Waals surface area contributed by atoms with Crippen molar-refractivity contribution in [2.75, 3.05) is 11.9 Å². The van der Waals surface area contributed by atoms with Crippen molar-refractivity contribution >= 4 is 5.69 Å². The maximum Gasteiger partial charge on any atom is 0.317 e. The van der Waals surface area contributed by atoms with E-state index in [2.05, 4.69) is 20.4 Å². The minimum absolute atomic E-state index is 0.00688. The van der Waals surface area contributed by atoms with Crippen LogP contribution in [0.15, 0.2) is 41.4 Å². The second-order valence-electron chi connectivity index (χ2n) is 4.78. The Balaban J connectivity index is 2.05. The number of alkyl halides is 2. The van der Waals surface area contributed by atoms with Gasteiger partial charge in [0, 0.05) is 18.0 Å². The molecule has 2 rings (SSSR count). The zero-order valence-corrected chi connectivity index (χ0v) is 12.9. The van der Waals surface area contributed by atoms with E-state index in [-0.39, 0.29) is 29.6 Å². The summed E-state index contributed by atoms with van der Waals surface area (Å²) in [7, 11) is 0. The summed E-state index contributed by atoms with van der Waals surface area (Å²) >= 11 is 0. The summed E-state index contributed by atoms with van der Waals surface area (Å²) in [4.78, 5) is 7.16. The molecule has 0 spiro atoms. The first-order valence-corrected chi connectivity index (χ1v) is 6.94. The molecule has 0 aliphatic carbocycles. The van der Waals surface area contributed by atoms with Gasteiger partial charge >= 0.3 is 6.01 Å². The summed E-state index contributed by atoms with van der Waals surface area (Å²) in [6.45, 7) is 0.969. The first-order chi connectivity index (χ1) is 11.9.